The lowest BCUT2D eigenvalue weighted by Gasteiger charge is -2.17. The second-order valence-corrected chi connectivity index (χ2v) is 2.02. The lowest BCUT2D eigenvalue weighted by atomic mass is 10.1. The van der Waals surface area contributed by atoms with E-state index in [4.69, 9.17) is 10.2 Å². The van der Waals surface area contributed by atoms with Gasteiger partial charge < -0.3 is 10.2 Å². The Hall–Kier alpha value is -1.28. The number of aliphatic hydroxyl groups excluding tert-OH is 2. The van der Waals surface area contributed by atoms with Gasteiger partial charge in [0.05, 0.1) is 13.2 Å². The molecule has 0 saturated heterocycles. The van der Waals surface area contributed by atoms with E-state index >= 15 is 0 Å². The Bertz CT molecular complexity index is 176. The van der Waals surface area contributed by atoms with E-state index in [1.807, 2.05) is 0 Å². The normalized spacial score (nSPS) is 13.5. The van der Waals surface area contributed by atoms with Crippen molar-refractivity contribution in [2.45, 2.75) is 11.7 Å². The number of nitrogens with zero attached hydrogens (tertiary/aromatic N) is 3. The molecule has 0 heterocycles. The molecule has 0 amide bonds. The van der Waals surface area contributed by atoms with Gasteiger partial charge in [-0.3, -0.25) is 0 Å². The summed E-state index contributed by atoms with van der Waals surface area (Å²) < 4.78 is 0. The molecule has 12 heavy (non-hydrogen) atoms. The molecule has 68 valence electrons. The zero-order chi connectivity index (χ0) is 9.61. The number of rotatable bonds is 6. The van der Waals surface area contributed by atoms with Gasteiger partial charge >= 0.3 is 0 Å². The maximum absolute atomic E-state index is 10.0. The standard InChI is InChI=1S/C4H7N3O5/c8-1-3(5-10)4(2-9,6-11)7-12/h3,8-9H,1-2H2. The molecule has 0 aliphatic rings. The minimum Gasteiger partial charge on any atom is -0.394 e. The van der Waals surface area contributed by atoms with Crippen molar-refractivity contribution in [3.8, 4) is 0 Å². The van der Waals surface area contributed by atoms with Crippen LogP contribution >= 0.6 is 0 Å². The van der Waals surface area contributed by atoms with Crippen LogP contribution in [-0.4, -0.2) is 35.1 Å². The van der Waals surface area contributed by atoms with Crippen molar-refractivity contribution in [3.63, 3.8) is 0 Å². The topological polar surface area (TPSA) is 129 Å². The van der Waals surface area contributed by atoms with Crippen LogP contribution in [0.25, 0.3) is 0 Å². The van der Waals surface area contributed by atoms with Crippen molar-refractivity contribution < 1.29 is 10.2 Å². The van der Waals surface area contributed by atoms with Gasteiger partial charge in [0, 0.05) is 0 Å². The molecular formula is C4H7N3O5. The van der Waals surface area contributed by atoms with E-state index in [0.717, 1.165) is 0 Å². The highest BCUT2D eigenvalue weighted by Crippen LogP contribution is 2.19. The maximum atomic E-state index is 10.0. The Kier molecular flexibility index (Phi) is 4.08. The molecule has 1 atom stereocenters. The van der Waals surface area contributed by atoms with E-state index < -0.39 is 24.9 Å². The van der Waals surface area contributed by atoms with E-state index in [-0.39, 0.29) is 0 Å². The van der Waals surface area contributed by atoms with Crippen LogP contribution in [0, 0.1) is 14.7 Å². The minimum absolute atomic E-state index is 0.873. The van der Waals surface area contributed by atoms with Crippen LogP contribution in [-0.2, 0) is 0 Å². The molecule has 0 radical (unpaired) electrons. The summed E-state index contributed by atoms with van der Waals surface area (Å²) in [6, 6.07) is -1.64. The molecule has 0 bridgehead atoms. The molecule has 0 aliphatic heterocycles. The summed E-state index contributed by atoms with van der Waals surface area (Å²) in [6.07, 6.45) is 0. The number of hydrogen-bond donors (Lipinski definition) is 2. The quantitative estimate of drug-likeness (QED) is 0.520. The van der Waals surface area contributed by atoms with E-state index in [9.17, 15) is 14.7 Å². The molecule has 0 aromatic rings. The molecule has 0 spiro atoms. The average Bonchev–Trinajstić information content (AvgIpc) is 2.14. The first-order valence-electron chi connectivity index (χ1n) is 2.94. The summed E-state index contributed by atoms with van der Waals surface area (Å²) in [5.41, 5.74) is -2.39. The largest absolute Gasteiger partial charge is 0.394 e. The second-order valence-electron chi connectivity index (χ2n) is 2.02. The average molecular weight is 177 g/mol. The molecule has 2 N–H and O–H groups in total. The number of aliphatic hydroxyl groups is 2. The highest BCUT2D eigenvalue weighted by Gasteiger charge is 2.43. The highest BCUT2D eigenvalue weighted by molar-refractivity contribution is 4.95. The molecule has 8 nitrogen and oxygen atoms in total. The van der Waals surface area contributed by atoms with Crippen LogP contribution in [0.2, 0.25) is 0 Å². The first kappa shape index (κ1) is 10.7. The van der Waals surface area contributed by atoms with Gasteiger partial charge in [-0.05, 0) is 10.4 Å². The number of hydrogen-bond acceptors (Lipinski definition) is 8. The predicted octanol–water partition coefficient (Wildman–Crippen LogP) is -0.665. The summed E-state index contributed by atoms with van der Waals surface area (Å²) in [5, 5.41) is 23.5. The SMILES string of the molecule is O=NC(CO)C(CO)(N=O)N=O. The molecule has 0 aliphatic carbocycles. The predicted molar refractivity (Wildman–Crippen MR) is 38.1 cm³/mol. The second kappa shape index (κ2) is 4.57. The fraction of sp³-hybridized carbons (Fsp3) is 1.00. The van der Waals surface area contributed by atoms with Crippen molar-refractivity contribution in [1.29, 1.82) is 0 Å². The molecule has 0 fully saturated rings. The smallest absolute Gasteiger partial charge is 0.282 e. The molecule has 0 saturated carbocycles. The van der Waals surface area contributed by atoms with Gasteiger partial charge in [0.1, 0.15) is 0 Å². The van der Waals surface area contributed by atoms with Crippen molar-refractivity contribution in [2.24, 2.45) is 15.5 Å². The summed E-state index contributed by atoms with van der Waals surface area (Å²) in [7, 11) is 0. The van der Waals surface area contributed by atoms with Crippen LogP contribution in [0.5, 0.6) is 0 Å². The first-order valence-corrected chi connectivity index (χ1v) is 2.94. The maximum Gasteiger partial charge on any atom is 0.282 e. The molecule has 0 rings (SSSR count). The van der Waals surface area contributed by atoms with Crippen molar-refractivity contribution in [2.75, 3.05) is 13.2 Å². The summed E-state index contributed by atoms with van der Waals surface area (Å²) in [4.78, 5) is 30.0. The van der Waals surface area contributed by atoms with Crippen molar-refractivity contribution in [3.05, 3.63) is 14.7 Å². The van der Waals surface area contributed by atoms with Crippen LogP contribution in [0.1, 0.15) is 0 Å². The first-order chi connectivity index (χ1) is 5.70. The molecular weight excluding hydrogens is 170 g/mol. The van der Waals surface area contributed by atoms with Gasteiger partial charge in [0.15, 0.2) is 6.04 Å². The minimum atomic E-state index is -2.39. The lowest BCUT2D eigenvalue weighted by molar-refractivity contribution is 0.139. The summed E-state index contributed by atoms with van der Waals surface area (Å²) in [5.74, 6) is 0. The molecule has 0 aromatic carbocycles. The zero-order valence-corrected chi connectivity index (χ0v) is 5.95. The molecule has 8 heteroatoms. The lowest BCUT2D eigenvalue weighted by Crippen LogP contribution is -2.42. The van der Waals surface area contributed by atoms with Gasteiger partial charge in [-0.2, -0.15) is 4.91 Å². The Balaban J connectivity index is 4.77. The molecule has 0 aromatic heterocycles. The van der Waals surface area contributed by atoms with Crippen LogP contribution in [0.3, 0.4) is 0 Å². The van der Waals surface area contributed by atoms with E-state index in [0.29, 0.717) is 0 Å². The number of nitroso groups, excluding NO2 is 3. The van der Waals surface area contributed by atoms with Gasteiger partial charge in [-0.25, -0.2) is 0 Å². The Labute approximate surface area is 66.5 Å². The summed E-state index contributed by atoms with van der Waals surface area (Å²) >= 11 is 0. The van der Waals surface area contributed by atoms with Gasteiger partial charge in [0.2, 0.25) is 0 Å². The Morgan fingerprint density at radius 3 is 1.75 bits per heavy atom. The Morgan fingerprint density at radius 1 is 1.17 bits per heavy atom. The van der Waals surface area contributed by atoms with Crippen LogP contribution in [0.4, 0.5) is 0 Å². The monoisotopic (exact) mass is 177 g/mol. The zero-order valence-electron chi connectivity index (χ0n) is 5.95. The van der Waals surface area contributed by atoms with Crippen molar-refractivity contribution >= 4 is 0 Å². The Morgan fingerprint density at radius 2 is 1.67 bits per heavy atom. The third-order valence-electron chi connectivity index (χ3n) is 1.38. The van der Waals surface area contributed by atoms with Gasteiger partial charge in [0.25, 0.3) is 5.66 Å². The van der Waals surface area contributed by atoms with E-state index in [2.05, 4.69) is 15.5 Å². The fourth-order valence-corrected chi connectivity index (χ4v) is 0.565. The fourth-order valence-electron chi connectivity index (χ4n) is 0.565. The van der Waals surface area contributed by atoms with Crippen LogP contribution < -0.4 is 0 Å². The van der Waals surface area contributed by atoms with Crippen molar-refractivity contribution in [1.82, 2.24) is 0 Å². The third kappa shape index (κ3) is 1.66. The van der Waals surface area contributed by atoms with Crippen LogP contribution in [0.15, 0.2) is 15.5 Å². The van der Waals surface area contributed by atoms with E-state index in [1.54, 1.807) is 0 Å². The van der Waals surface area contributed by atoms with Gasteiger partial charge in [-0.1, -0.05) is 5.18 Å². The molecule has 1 unspecified atom stereocenters. The van der Waals surface area contributed by atoms with E-state index in [1.165, 1.54) is 0 Å². The highest BCUT2D eigenvalue weighted by atomic mass is 16.3. The summed E-state index contributed by atoms with van der Waals surface area (Å²) in [6.45, 7) is -1.93. The third-order valence-corrected chi connectivity index (χ3v) is 1.38. The van der Waals surface area contributed by atoms with Gasteiger partial charge in [-0.15, -0.1) is 9.81 Å².